The molecule has 0 aliphatic carbocycles. The molecule has 0 aliphatic heterocycles. The van der Waals surface area contributed by atoms with Gasteiger partial charge in [0.2, 0.25) is 5.91 Å². The van der Waals surface area contributed by atoms with E-state index in [-0.39, 0.29) is 17.7 Å². The summed E-state index contributed by atoms with van der Waals surface area (Å²) in [6.45, 7) is 1.85. The molecule has 0 radical (unpaired) electrons. The van der Waals surface area contributed by atoms with Crippen molar-refractivity contribution in [3.63, 3.8) is 0 Å². The van der Waals surface area contributed by atoms with Crippen molar-refractivity contribution in [2.24, 2.45) is 0 Å². The van der Waals surface area contributed by atoms with Crippen molar-refractivity contribution in [3.05, 3.63) is 42.4 Å². The fraction of sp³-hybridized carbons (Fsp3) is 0.278. The molecule has 0 saturated carbocycles. The first kappa shape index (κ1) is 18.8. The molecule has 0 spiro atoms. The highest BCUT2D eigenvalue weighted by Gasteiger charge is 2.17. The second kappa shape index (κ2) is 8.63. The van der Waals surface area contributed by atoms with E-state index in [1.54, 1.807) is 44.7 Å². The highest BCUT2D eigenvalue weighted by molar-refractivity contribution is 7.99. The van der Waals surface area contributed by atoms with Crippen LogP contribution in [0, 0.1) is 0 Å². The van der Waals surface area contributed by atoms with Crippen LogP contribution >= 0.6 is 11.8 Å². The number of nitrogens with zero attached hydrogens (tertiary/aromatic N) is 2. The average molecular weight is 389 g/mol. The Balaban J connectivity index is 1.60. The summed E-state index contributed by atoms with van der Waals surface area (Å²) < 4.78 is 21.4. The summed E-state index contributed by atoms with van der Waals surface area (Å²) in [6, 6.07) is 8.66. The molecular formula is C18H19N3O5S. The number of methoxy groups -OCH3 is 2. The fourth-order valence-electron chi connectivity index (χ4n) is 2.37. The number of amides is 1. The molecule has 1 amide bonds. The molecule has 2 heterocycles. The number of ether oxygens (including phenoxy) is 2. The van der Waals surface area contributed by atoms with Crippen LogP contribution in [0.2, 0.25) is 0 Å². The zero-order valence-electron chi connectivity index (χ0n) is 15.1. The zero-order valence-corrected chi connectivity index (χ0v) is 15.9. The fourth-order valence-corrected chi connectivity index (χ4v) is 2.95. The molecule has 2 aromatic heterocycles. The molecule has 1 aromatic carbocycles. The second-order valence-corrected chi connectivity index (χ2v) is 6.46. The Morgan fingerprint density at radius 2 is 2.11 bits per heavy atom. The van der Waals surface area contributed by atoms with Crippen LogP contribution in [0.15, 0.2) is 50.7 Å². The quantitative estimate of drug-likeness (QED) is 0.586. The van der Waals surface area contributed by atoms with Crippen LogP contribution in [0.5, 0.6) is 11.5 Å². The van der Waals surface area contributed by atoms with E-state index in [1.165, 1.54) is 0 Å². The van der Waals surface area contributed by atoms with Gasteiger partial charge in [-0.2, -0.15) is 0 Å². The molecular weight excluding hydrogens is 370 g/mol. The third-order valence-corrected chi connectivity index (χ3v) is 4.54. The Hall–Kier alpha value is -2.94. The van der Waals surface area contributed by atoms with Crippen LogP contribution in [0.3, 0.4) is 0 Å². The molecule has 142 valence electrons. The van der Waals surface area contributed by atoms with E-state index in [1.807, 2.05) is 13.0 Å². The summed E-state index contributed by atoms with van der Waals surface area (Å²) in [6.07, 6.45) is 1.57. The van der Waals surface area contributed by atoms with E-state index in [0.29, 0.717) is 33.9 Å². The average Bonchev–Trinajstić information content (AvgIpc) is 3.37. The minimum atomic E-state index is -0.213. The smallest absolute Gasteiger partial charge is 0.277 e. The lowest BCUT2D eigenvalue weighted by atomic mass is 10.2. The van der Waals surface area contributed by atoms with Crippen LogP contribution < -0.4 is 14.8 Å². The number of benzene rings is 1. The molecule has 0 aliphatic rings. The summed E-state index contributed by atoms with van der Waals surface area (Å²) >= 11 is 1.16. The number of carbonyl (C=O) groups is 1. The lowest BCUT2D eigenvalue weighted by Gasteiger charge is -2.10. The predicted molar refractivity (Wildman–Crippen MR) is 98.8 cm³/mol. The Kier molecular flexibility index (Phi) is 6.02. The Labute approximate surface area is 160 Å². The highest BCUT2D eigenvalue weighted by Crippen LogP contribution is 2.33. The van der Waals surface area contributed by atoms with Gasteiger partial charge in [-0.15, -0.1) is 10.2 Å². The number of carbonyl (C=O) groups excluding carboxylic acids is 1. The molecule has 0 saturated heterocycles. The van der Waals surface area contributed by atoms with Gasteiger partial charge < -0.3 is 23.6 Å². The first-order valence-corrected chi connectivity index (χ1v) is 9.10. The van der Waals surface area contributed by atoms with Gasteiger partial charge in [0.25, 0.3) is 11.1 Å². The monoisotopic (exact) mass is 389 g/mol. The lowest BCUT2D eigenvalue weighted by molar-refractivity contribution is -0.119. The van der Waals surface area contributed by atoms with Crippen LogP contribution in [0.4, 0.5) is 0 Å². The largest absolute Gasteiger partial charge is 0.497 e. The number of rotatable bonds is 8. The maximum Gasteiger partial charge on any atom is 0.277 e. The molecule has 1 atom stereocenters. The van der Waals surface area contributed by atoms with Gasteiger partial charge in [-0.05, 0) is 31.2 Å². The van der Waals surface area contributed by atoms with Crippen LogP contribution in [-0.4, -0.2) is 36.1 Å². The molecule has 8 nitrogen and oxygen atoms in total. The van der Waals surface area contributed by atoms with Crippen LogP contribution in [0.1, 0.15) is 18.7 Å². The number of furan rings is 1. The lowest BCUT2D eigenvalue weighted by Crippen LogP contribution is -2.27. The van der Waals surface area contributed by atoms with Crippen molar-refractivity contribution in [1.82, 2.24) is 15.5 Å². The van der Waals surface area contributed by atoms with Gasteiger partial charge in [0.05, 0.1) is 37.8 Å². The first-order chi connectivity index (χ1) is 13.1. The predicted octanol–water partition coefficient (Wildman–Crippen LogP) is 3.32. The number of nitrogens with one attached hydrogen (secondary N) is 1. The summed E-state index contributed by atoms with van der Waals surface area (Å²) in [7, 11) is 3.13. The summed E-state index contributed by atoms with van der Waals surface area (Å²) in [4.78, 5) is 12.1. The van der Waals surface area contributed by atoms with Gasteiger partial charge >= 0.3 is 0 Å². The molecule has 3 rings (SSSR count). The van der Waals surface area contributed by atoms with Crippen molar-refractivity contribution >= 4 is 17.7 Å². The number of hydrogen-bond donors (Lipinski definition) is 1. The topological polar surface area (TPSA) is 99.6 Å². The Morgan fingerprint density at radius 3 is 2.81 bits per heavy atom. The van der Waals surface area contributed by atoms with Gasteiger partial charge in [-0.3, -0.25) is 4.79 Å². The molecule has 3 aromatic rings. The standard InChI is InChI=1S/C18H19N3O5S/c1-11(14-5-4-8-25-14)19-16(22)10-27-18-21-20-17(26-18)13-7-6-12(23-2)9-15(13)24-3/h4-9,11H,10H2,1-3H3,(H,19,22)/t11-/m1/s1. The van der Waals surface area contributed by atoms with E-state index in [9.17, 15) is 4.79 Å². The highest BCUT2D eigenvalue weighted by atomic mass is 32.2. The van der Waals surface area contributed by atoms with Gasteiger partial charge in [0.1, 0.15) is 17.3 Å². The molecule has 0 unspecified atom stereocenters. The second-order valence-electron chi connectivity index (χ2n) is 5.53. The molecule has 9 heteroatoms. The van der Waals surface area contributed by atoms with Crippen molar-refractivity contribution in [2.75, 3.05) is 20.0 Å². The zero-order chi connectivity index (χ0) is 19.2. The van der Waals surface area contributed by atoms with E-state index >= 15 is 0 Å². The molecule has 0 fully saturated rings. The molecule has 27 heavy (non-hydrogen) atoms. The van der Waals surface area contributed by atoms with Gasteiger partial charge in [0, 0.05) is 6.07 Å². The summed E-state index contributed by atoms with van der Waals surface area (Å²) in [5, 5.41) is 11.1. The SMILES string of the molecule is COc1ccc(-c2nnc(SCC(=O)N[C@H](C)c3ccco3)o2)c(OC)c1. The normalized spacial score (nSPS) is 11.8. The minimum Gasteiger partial charge on any atom is -0.497 e. The van der Waals surface area contributed by atoms with Crippen molar-refractivity contribution in [1.29, 1.82) is 0 Å². The number of thioether (sulfide) groups is 1. The third-order valence-electron chi connectivity index (χ3n) is 3.72. The number of aromatic nitrogens is 2. The van der Waals surface area contributed by atoms with E-state index in [4.69, 9.17) is 18.3 Å². The maximum atomic E-state index is 12.1. The van der Waals surface area contributed by atoms with Crippen LogP contribution in [-0.2, 0) is 4.79 Å². The van der Waals surface area contributed by atoms with E-state index in [2.05, 4.69) is 15.5 Å². The van der Waals surface area contributed by atoms with E-state index in [0.717, 1.165) is 11.8 Å². The van der Waals surface area contributed by atoms with Gasteiger partial charge in [-0.1, -0.05) is 11.8 Å². The Bertz CT molecular complexity index is 894. The third kappa shape index (κ3) is 4.62. The maximum absolute atomic E-state index is 12.1. The molecule has 0 bridgehead atoms. The van der Waals surface area contributed by atoms with Crippen LogP contribution in [0.25, 0.3) is 11.5 Å². The number of hydrogen-bond acceptors (Lipinski definition) is 8. The van der Waals surface area contributed by atoms with E-state index < -0.39 is 0 Å². The summed E-state index contributed by atoms with van der Waals surface area (Å²) in [5.74, 6) is 2.20. The summed E-state index contributed by atoms with van der Waals surface area (Å²) in [5.41, 5.74) is 0.647. The van der Waals surface area contributed by atoms with Crippen molar-refractivity contribution in [3.8, 4) is 23.0 Å². The first-order valence-electron chi connectivity index (χ1n) is 8.12. The Morgan fingerprint density at radius 1 is 1.26 bits per heavy atom. The molecule has 1 N–H and O–H groups in total. The van der Waals surface area contributed by atoms with Gasteiger partial charge in [0.15, 0.2) is 0 Å². The van der Waals surface area contributed by atoms with Gasteiger partial charge in [-0.25, -0.2) is 0 Å². The van der Waals surface area contributed by atoms with Crippen molar-refractivity contribution in [2.45, 2.75) is 18.2 Å². The van der Waals surface area contributed by atoms with Crippen molar-refractivity contribution < 1.29 is 23.1 Å². The minimum absolute atomic E-state index is 0.145.